The minimum Gasteiger partial charge on any atom is -0.325 e. The lowest BCUT2D eigenvalue weighted by Gasteiger charge is -2.30. The van der Waals surface area contributed by atoms with Gasteiger partial charge in [0.05, 0.1) is 0 Å². The molecule has 19 heteroatoms. The molecule has 2 aliphatic rings. The highest BCUT2D eigenvalue weighted by atomic mass is 35.6. The highest BCUT2D eigenvalue weighted by molar-refractivity contribution is 7.63. The van der Waals surface area contributed by atoms with Gasteiger partial charge in [-0.15, -0.1) is 0 Å². The average Bonchev–Trinajstić information content (AvgIpc) is 2.42. The number of nitrogens with zero attached hydrogens (tertiary/aromatic N) is 5. The number of hydrogen-bond acceptors (Lipinski definition) is 6. The molecule has 2 rings (SSSR count). The smallest absolute Gasteiger partial charge is 0.311 e. The lowest BCUT2D eigenvalue weighted by Crippen LogP contribution is -2.46. The van der Waals surface area contributed by atoms with Crippen LogP contribution in [0.5, 0.6) is 0 Å². The highest BCUT2D eigenvalue weighted by Crippen LogP contribution is 2.61. The summed E-state index contributed by atoms with van der Waals surface area (Å²) in [5, 5.41) is 2.48. The molecular formula is C8HCl12N6P. The summed E-state index contributed by atoms with van der Waals surface area (Å²) >= 11 is 70.4. The van der Waals surface area contributed by atoms with Gasteiger partial charge in [-0.1, -0.05) is 139 Å². The molecule has 0 fully saturated rings. The van der Waals surface area contributed by atoms with E-state index in [0.29, 0.717) is 0 Å². The minimum atomic E-state index is -3.71. The average molecular weight is 638 g/mol. The molecule has 6 nitrogen and oxygen atoms in total. The fourth-order valence-corrected chi connectivity index (χ4v) is 5.31. The van der Waals surface area contributed by atoms with Crippen LogP contribution in [0, 0.1) is 0 Å². The number of amidine groups is 4. The van der Waals surface area contributed by atoms with Gasteiger partial charge >= 0.3 is 7.51 Å². The minimum absolute atomic E-state index is 0.320. The van der Waals surface area contributed by atoms with Crippen molar-refractivity contribution in [2.45, 2.75) is 15.2 Å². The summed E-state index contributed by atoms with van der Waals surface area (Å²) in [4.78, 5) is 3.83. The molecule has 0 saturated carbocycles. The largest absolute Gasteiger partial charge is 0.325 e. The molecular weight excluding hydrogens is 637 g/mol. The topological polar surface area (TPSA) is 73.8 Å². The van der Waals surface area contributed by atoms with E-state index in [1.165, 1.54) is 0 Å². The SMILES string of the molecule is ClC(Cl)(Cl)C1=NC(C(Cl)(Cl)Cl)=NP2(=N1)N=C(C(Cl)(Cl)Cl)NC(C(Cl)(Cl)Cl)=N2. The second kappa shape index (κ2) is 8.27. The van der Waals surface area contributed by atoms with E-state index in [-0.39, 0.29) is 11.7 Å². The van der Waals surface area contributed by atoms with Crippen LogP contribution in [-0.2, 0) is 0 Å². The summed E-state index contributed by atoms with van der Waals surface area (Å²) in [6.45, 7) is 0. The van der Waals surface area contributed by atoms with Gasteiger partial charge in [0.1, 0.15) is 0 Å². The maximum atomic E-state index is 5.88. The number of nitrogens with one attached hydrogen (secondary N) is 1. The molecule has 0 amide bonds. The van der Waals surface area contributed by atoms with Crippen LogP contribution < -0.4 is 5.32 Å². The quantitative estimate of drug-likeness (QED) is 0.215. The van der Waals surface area contributed by atoms with Crippen LogP contribution in [0.3, 0.4) is 0 Å². The van der Waals surface area contributed by atoms with Crippen LogP contribution in [0.25, 0.3) is 0 Å². The second-order valence-electron chi connectivity index (χ2n) is 4.51. The molecule has 0 aromatic carbocycles. The van der Waals surface area contributed by atoms with Gasteiger partial charge in [0, 0.05) is 0 Å². The lowest BCUT2D eigenvalue weighted by atomic mass is 10.5. The van der Waals surface area contributed by atoms with Crippen molar-refractivity contribution in [2.24, 2.45) is 24.0 Å². The van der Waals surface area contributed by atoms with Gasteiger partial charge in [-0.25, -0.2) is 4.99 Å². The zero-order chi connectivity index (χ0) is 21.1. The molecule has 2 heterocycles. The van der Waals surface area contributed by atoms with Crippen molar-refractivity contribution < 1.29 is 0 Å². The van der Waals surface area contributed by atoms with Gasteiger partial charge in [0.25, 0.3) is 0 Å². The normalized spacial score (nSPS) is 20.9. The van der Waals surface area contributed by atoms with Gasteiger partial charge in [-0.05, 0) is 0 Å². The van der Waals surface area contributed by atoms with E-state index in [2.05, 4.69) is 29.3 Å². The van der Waals surface area contributed by atoms with Crippen molar-refractivity contribution in [1.29, 1.82) is 0 Å². The molecule has 1 spiro atoms. The van der Waals surface area contributed by atoms with E-state index in [0.717, 1.165) is 0 Å². The Kier molecular flexibility index (Phi) is 7.80. The first-order chi connectivity index (χ1) is 11.8. The molecule has 27 heavy (non-hydrogen) atoms. The van der Waals surface area contributed by atoms with Crippen LogP contribution in [0.4, 0.5) is 0 Å². The number of aliphatic imine (C=N–C) groups is 1. The Balaban J connectivity index is 2.86. The van der Waals surface area contributed by atoms with Gasteiger partial charge < -0.3 is 5.32 Å². The molecule has 0 saturated heterocycles. The van der Waals surface area contributed by atoms with Crippen molar-refractivity contribution in [3.63, 3.8) is 0 Å². The molecule has 0 unspecified atom stereocenters. The summed E-state index contributed by atoms with van der Waals surface area (Å²) in [6.07, 6.45) is 0. The van der Waals surface area contributed by atoms with Crippen LogP contribution in [0.1, 0.15) is 0 Å². The number of hydrogen-bond donors (Lipinski definition) is 1. The predicted molar refractivity (Wildman–Crippen MR) is 123 cm³/mol. The second-order valence-corrected chi connectivity index (χ2v) is 15.5. The van der Waals surface area contributed by atoms with Crippen molar-refractivity contribution in [2.75, 3.05) is 0 Å². The Morgan fingerprint density at radius 1 is 0.556 bits per heavy atom. The van der Waals surface area contributed by atoms with Gasteiger partial charge in [-0.3, -0.25) is 0 Å². The van der Waals surface area contributed by atoms with Gasteiger partial charge in [0.15, 0.2) is 23.3 Å². The van der Waals surface area contributed by atoms with E-state index < -0.39 is 34.3 Å². The molecule has 152 valence electrons. The standard InChI is InChI=1S/C8HCl12N6P/c9-5(10,11)1-21-2(6(12,13)14)24-27(23-1)25-3(7(15,16)17)22-4(26-27)8(18,19)20/h(H,21,23,24). The zero-order valence-electron chi connectivity index (χ0n) is 11.7. The molecule has 0 aliphatic carbocycles. The van der Waals surface area contributed by atoms with Gasteiger partial charge in [0.2, 0.25) is 15.2 Å². The van der Waals surface area contributed by atoms with E-state index in [9.17, 15) is 0 Å². The molecule has 1 N–H and O–H groups in total. The Morgan fingerprint density at radius 3 is 1.30 bits per heavy atom. The van der Waals surface area contributed by atoms with Crippen molar-refractivity contribution in [1.82, 2.24) is 5.32 Å². The summed E-state index contributed by atoms with van der Waals surface area (Å²) in [5.41, 5.74) is 0. The number of rotatable bonds is 0. The fraction of sp³-hybridized carbons (Fsp3) is 0.500. The molecule has 0 atom stereocenters. The first kappa shape index (κ1) is 25.5. The zero-order valence-corrected chi connectivity index (χ0v) is 21.7. The lowest BCUT2D eigenvalue weighted by molar-refractivity contribution is 1.19. The van der Waals surface area contributed by atoms with Crippen molar-refractivity contribution in [3.8, 4) is 0 Å². The Labute approximate surface area is 212 Å². The van der Waals surface area contributed by atoms with E-state index in [1.54, 1.807) is 0 Å². The van der Waals surface area contributed by atoms with Crippen LogP contribution in [0.2, 0.25) is 0 Å². The van der Waals surface area contributed by atoms with E-state index >= 15 is 0 Å². The summed E-state index contributed by atoms with van der Waals surface area (Å²) in [5.74, 6) is -1.50. The summed E-state index contributed by atoms with van der Waals surface area (Å²) in [6, 6.07) is 0. The summed E-state index contributed by atoms with van der Waals surface area (Å²) < 4.78 is 7.83. The fourth-order valence-electron chi connectivity index (χ4n) is 1.46. The van der Waals surface area contributed by atoms with Crippen LogP contribution in [0.15, 0.2) is 24.0 Å². The maximum Gasteiger partial charge on any atom is 0.311 e. The molecule has 0 aromatic heterocycles. The highest BCUT2D eigenvalue weighted by Gasteiger charge is 2.45. The molecule has 0 radical (unpaired) electrons. The monoisotopic (exact) mass is 632 g/mol. The Hall–Kier alpha value is 2.19. The van der Waals surface area contributed by atoms with E-state index in [4.69, 9.17) is 139 Å². The summed E-state index contributed by atoms with van der Waals surface area (Å²) in [7, 11) is -3.71. The third-order valence-electron chi connectivity index (χ3n) is 2.42. The first-order valence-electron chi connectivity index (χ1n) is 5.91. The third kappa shape index (κ3) is 6.58. The van der Waals surface area contributed by atoms with Crippen LogP contribution >= 0.6 is 147 Å². The van der Waals surface area contributed by atoms with Crippen molar-refractivity contribution >= 4 is 170 Å². The maximum absolute atomic E-state index is 5.88. The number of alkyl halides is 12. The third-order valence-corrected chi connectivity index (χ3v) is 6.36. The Bertz CT molecular complexity index is 770. The Morgan fingerprint density at radius 2 is 0.963 bits per heavy atom. The van der Waals surface area contributed by atoms with Crippen LogP contribution in [-0.4, -0.2) is 38.5 Å². The molecule has 0 aromatic rings. The predicted octanol–water partition coefficient (Wildman–Crippen LogP) is 7.62. The molecule has 2 aliphatic heterocycles. The van der Waals surface area contributed by atoms with Crippen molar-refractivity contribution in [3.05, 3.63) is 0 Å². The number of halogens is 12. The van der Waals surface area contributed by atoms with Gasteiger partial charge in [-0.2, -0.15) is 19.0 Å². The van der Waals surface area contributed by atoms with E-state index in [1.807, 2.05) is 0 Å². The molecule has 0 bridgehead atoms. The first-order valence-corrected chi connectivity index (χ1v) is 12.0.